The first-order valence-corrected chi connectivity index (χ1v) is 8.91. The Kier molecular flexibility index (Phi) is 5.21. The SMILES string of the molecule is CN(C)c1ccc(/C=C/C=N\NC2=[NH+]C(C)(C)Cc3ccccc32)cc1. The number of hydrogen-bond acceptors (Lipinski definition) is 3. The Morgan fingerprint density at radius 1 is 1.08 bits per heavy atom. The molecule has 4 nitrogen and oxygen atoms in total. The predicted octanol–water partition coefficient (Wildman–Crippen LogP) is 2.20. The summed E-state index contributed by atoms with van der Waals surface area (Å²) in [7, 11) is 4.08. The van der Waals surface area contributed by atoms with Gasteiger partial charge in [-0.1, -0.05) is 41.5 Å². The molecule has 0 saturated heterocycles. The molecule has 0 spiro atoms. The summed E-state index contributed by atoms with van der Waals surface area (Å²) in [5.74, 6) is 0.955. The molecule has 1 aliphatic rings. The Morgan fingerprint density at radius 2 is 1.81 bits per heavy atom. The van der Waals surface area contributed by atoms with Gasteiger partial charge in [0.1, 0.15) is 5.54 Å². The van der Waals surface area contributed by atoms with Gasteiger partial charge in [0.05, 0.1) is 11.8 Å². The third-order valence-corrected chi connectivity index (χ3v) is 4.42. The maximum absolute atomic E-state index is 4.35. The van der Waals surface area contributed by atoms with E-state index < -0.39 is 0 Å². The number of anilines is 1. The van der Waals surface area contributed by atoms with Gasteiger partial charge in [-0.25, -0.2) is 0 Å². The van der Waals surface area contributed by atoms with Gasteiger partial charge in [0.2, 0.25) is 0 Å². The number of hydrogen-bond donors (Lipinski definition) is 2. The van der Waals surface area contributed by atoms with Crippen molar-refractivity contribution in [1.29, 1.82) is 0 Å². The Labute approximate surface area is 156 Å². The fourth-order valence-electron chi connectivity index (χ4n) is 3.12. The molecule has 134 valence electrons. The normalized spacial score (nSPS) is 15.8. The predicted molar refractivity (Wildman–Crippen MR) is 111 cm³/mol. The maximum Gasteiger partial charge on any atom is 0.300 e. The smallest absolute Gasteiger partial charge is 0.300 e. The quantitative estimate of drug-likeness (QED) is 0.658. The van der Waals surface area contributed by atoms with E-state index in [1.807, 2.05) is 26.2 Å². The molecule has 2 aromatic carbocycles. The van der Waals surface area contributed by atoms with Crippen LogP contribution >= 0.6 is 0 Å². The van der Waals surface area contributed by atoms with Crippen LogP contribution in [0.15, 0.2) is 59.7 Å². The van der Waals surface area contributed by atoms with Crippen molar-refractivity contribution >= 4 is 23.8 Å². The van der Waals surface area contributed by atoms with Crippen molar-refractivity contribution in [3.63, 3.8) is 0 Å². The van der Waals surface area contributed by atoms with Gasteiger partial charge in [-0.05, 0) is 49.2 Å². The summed E-state index contributed by atoms with van der Waals surface area (Å²) in [5.41, 5.74) is 8.04. The number of allylic oxidation sites excluding steroid dienone is 1. The van der Waals surface area contributed by atoms with Crippen LogP contribution < -0.4 is 15.3 Å². The zero-order valence-electron chi connectivity index (χ0n) is 16.0. The summed E-state index contributed by atoms with van der Waals surface area (Å²) < 4.78 is 0. The lowest BCUT2D eigenvalue weighted by Crippen LogP contribution is -2.89. The van der Waals surface area contributed by atoms with Crippen LogP contribution in [0, 0.1) is 0 Å². The minimum Gasteiger partial charge on any atom is -0.378 e. The first-order chi connectivity index (χ1) is 12.4. The first kappa shape index (κ1) is 17.9. The highest BCUT2D eigenvalue weighted by Gasteiger charge is 2.30. The lowest BCUT2D eigenvalue weighted by atomic mass is 9.89. The number of nitrogens with one attached hydrogen (secondary N) is 2. The molecule has 2 N–H and O–H groups in total. The second kappa shape index (κ2) is 7.56. The zero-order valence-corrected chi connectivity index (χ0v) is 16.0. The van der Waals surface area contributed by atoms with Crippen LogP contribution in [0.2, 0.25) is 0 Å². The van der Waals surface area contributed by atoms with Gasteiger partial charge in [-0.15, -0.1) is 5.43 Å². The van der Waals surface area contributed by atoms with Crippen LogP contribution in [0.3, 0.4) is 0 Å². The Hall–Kier alpha value is -2.88. The summed E-state index contributed by atoms with van der Waals surface area (Å²) in [6, 6.07) is 16.9. The summed E-state index contributed by atoms with van der Waals surface area (Å²) in [6.45, 7) is 4.40. The molecule has 4 heteroatoms. The second-order valence-corrected chi connectivity index (χ2v) is 7.45. The zero-order chi connectivity index (χ0) is 18.6. The van der Waals surface area contributed by atoms with Gasteiger partial charge in [-0.2, -0.15) is 0 Å². The number of hydrazone groups is 1. The molecule has 0 aliphatic carbocycles. The summed E-state index contributed by atoms with van der Waals surface area (Å²) in [4.78, 5) is 5.63. The van der Waals surface area contributed by atoms with E-state index in [-0.39, 0.29) is 5.54 Å². The van der Waals surface area contributed by atoms with E-state index in [2.05, 4.69) is 82.8 Å². The average Bonchev–Trinajstić information content (AvgIpc) is 2.60. The number of fused-ring (bicyclic) bond motifs is 1. The fourth-order valence-corrected chi connectivity index (χ4v) is 3.12. The topological polar surface area (TPSA) is 41.6 Å². The first-order valence-electron chi connectivity index (χ1n) is 8.91. The number of rotatable bonds is 4. The van der Waals surface area contributed by atoms with Gasteiger partial charge >= 0.3 is 5.84 Å². The van der Waals surface area contributed by atoms with E-state index in [1.165, 1.54) is 16.8 Å². The van der Waals surface area contributed by atoms with Crippen molar-refractivity contribution < 1.29 is 4.99 Å². The van der Waals surface area contributed by atoms with Crippen LogP contribution in [0.25, 0.3) is 6.08 Å². The molecule has 1 aliphatic heterocycles. The van der Waals surface area contributed by atoms with Gasteiger partial charge in [-0.3, -0.25) is 4.99 Å². The van der Waals surface area contributed by atoms with Gasteiger partial charge in [0.25, 0.3) is 0 Å². The van der Waals surface area contributed by atoms with E-state index >= 15 is 0 Å². The van der Waals surface area contributed by atoms with Gasteiger partial charge in [0.15, 0.2) is 0 Å². The van der Waals surface area contributed by atoms with E-state index in [0.29, 0.717) is 0 Å². The Morgan fingerprint density at radius 3 is 2.54 bits per heavy atom. The van der Waals surface area contributed by atoms with Crippen LogP contribution in [-0.4, -0.2) is 31.7 Å². The Balaban J connectivity index is 1.65. The van der Waals surface area contributed by atoms with Crippen LogP contribution in [0.4, 0.5) is 5.69 Å². The molecule has 0 fully saturated rings. The van der Waals surface area contributed by atoms with Crippen molar-refractivity contribution in [1.82, 2.24) is 5.43 Å². The molecule has 0 aromatic heterocycles. The van der Waals surface area contributed by atoms with Gasteiger partial charge in [0, 0.05) is 26.2 Å². The van der Waals surface area contributed by atoms with Crippen molar-refractivity contribution in [3.8, 4) is 0 Å². The van der Waals surface area contributed by atoms with Crippen molar-refractivity contribution in [3.05, 3.63) is 71.3 Å². The van der Waals surface area contributed by atoms with Crippen LogP contribution in [0.5, 0.6) is 0 Å². The third-order valence-electron chi connectivity index (χ3n) is 4.42. The number of amidine groups is 1. The molecule has 3 rings (SSSR count). The molecule has 0 amide bonds. The molecule has 0 atom stereocenters. The monoisotopic (exact) mass is 347 g/mol. The number of benzene rings is 2. The highest BCUT2D eigenvalue weighted by Crippen LogP contribution is 2.16. The third kappa shape index (κ3) is 4.39. The lowest BCUT2D eigenvalue weighted by Gasteiger charge is -2.24. The minimum atomic E-state index is 0.0101. The largest absolute Gasteiger partial charge is 0.378 e. The molecular weight excluding hydrogens is 320 g/mol. The minimum absolute atomic E-state index is 0.0101. The van der Waals surface area contributed by atoms with E-state index in [4.69, 9.17) is 0 Å². The fraction of sp³-hybridized carbons (Fsp3) is 0.273. The molecule has 1 heterocycles. The lowest BCUT2D eigenvalue weighted by molar-refractivity contribution is -0.547. The maximum atomic E-state index is 4.35. The number of nitrogens with zero attached hydrogens (tertiary/aromatic N) is 2. The van der Waals surface area contributed by atoms with Crippen LogP contribution in [0.1, 0.15) is 30.5 Å². The summed E-state index contributed by atoms with van der Waals surface area (Å²) in [6.07, 6.45) is 6.76. The summed E-state index contributed by atoms with van der Waals surface area (Å²) >= 11 is 0. The van der Waals surface area contributed by atoms with E-state index in [1.54, 1.807) is 6.21 Å². The molecule has 0 unspecified atom stereocenters. The van der Waals surface area contributed by atoms with Crippen LogP contribution in [-0.2, 0) is 6.42 Å². The van der Waals surface area contributed by atoms with E-state index in [0.717, 1.165) is 17.8 Å². The van der Waals surface area contributed by atoms with Gasteiger partial charge < -0.3 is 4.90 Å². The standard InChI is InChI=1S/C22H26N4/c1-22(2)16-18-9-5-6-10-20(18)21(24-22)25-23-15-7-8-17-11-13-19(14-12-17)26(3)4/h5-15H,16H2,1-4H3,(H,24,25)/p+1/b8-7+,23-15-. The van der Waals surface area contributed by atoms with Crippen molar-refractivity contribution in [2.45, 2.75) is 25.8 Å². The second-order valence-electron chi connectivity index (χ2n) is 7.45. The average molecular weight is 347 g/mol. The highest BCUT2D eigenvalue weighted by molar-refractivity contribution is 5.96. The van der Waals surface area contributed by atoms with Crippen molar-refractivity contribution in [2.75, 3.05) is 19.0 Å². The Bertz CT molecular complexity index is 843. The molecule has 26 heavy (non-hydrogen) atoms. The molecule has 0 saturated carbocycles. The highest BCUT2D eigenvalue weighted by atomic mass is 15.3. The molecule has 0 bridgehead atoms. The summed E-state index contributed by atoms with van der Waals surface area (Å²) in [5, 5.41) is 4.35. The molecule has 2 aromatic rings. The van der Waals surface area contributed by atoms with E-state index in [9.17, 15) is 0 Å². The molecule has 0 radical (unpaired) electrons. The van der Waals surface area contributed by atoms with Crippen molar-refractivity contribution in [2.24, 2.45) is 5.10 Å². The molecular formula is C22H27N4+.